The first kappa shape index (κ1) is 20.6. The highest BCUT2D eigenvalue weighted by atomic mass is 35.5. The van der Waals surface area contributed by atoms with Crippen LogP contribution in [0.4, 0.5) is 0 Å². The molecule has 3 rings (SSSR count). The second-order valence-corrected chi connectivity index (χ2v) is 8.71. The molecule has 0 saturated carbocycles. The fourth-order valence-electron chi connectivity index (χ4n) is 2.96. The summed E-state index contributed by atoms with van der Waals surface area (Å²) in [6.07, 6.45) is 3.70. The number of carbonyl (C=O) groups is 1. The number of nitrogens with zero attached hydrogens (tertiary/aromatic N) is 2. The summed E-state index contributed by atoms with van der Waals surface area (Å²) in [5.41, 5.74) is 0. The maximum Gasteiger partial charge on any atom is 0.309 e. The first-order chi connectivity index (χ1) is 13.5. The summed E-state index contributed by atoms with van der Waals surface area (Å²) in [4.78, 5) is 16.2. The summed E-state index contributed by atoms with van der Waals surface area (Å²) >= 11 is 5.88. The Bertz CT molecular complexity index is 900. The van der Waals surface area contributed by atoms with Gasteiger partial charge in [-0.2, -0.15) is 4.31 Å². The molecule has 2 heterocycles. The van der Waals surface area contributed by atoms with Gasteiger partial charge in [0.1, 0.15) is 23.9 Å². The van der Waals surface area contributed by atoms with Crippen LogP contribution in [0, 0.1) is 5.92 Å². The number of ether oxygens (including phenoxy) is 2. The van der Waals surface area contributed by atoms with Crippen molar-refractivity contribution in [1.29, 1.82) is 0 Å². The summed E-state index contributed by atoms with van der Waals surface area (Å²) in [5.74, 6) is -0.0305. The number of sulfonamides is 1. The molecule has 0 atom stereocenters. The highest BCUT2D eigenvalue weighted by Gasteiger charge is 2.32. The van der Waals surface area contributed by atoms with E-state index in [1.54, 1.807) is 30.3 Å². The van der Waals surface area contributed by atoms with Crippen LogP contribution in [0.3, 0.4) is 0 Å². The lowest BCUT2D eigenvalue weighted by molar-refractivity contribution is -0.150. The molecule has 9 heteroatoms. The van der Waals surface area contributed by atoms with E-state index in [0.29, 0.717) is 23.6 Å². The number of benzene rings is 1. The predicted octanol–water partition coefficient (Wildman–Crippen LogP) is 2.76. The Morgan fingerprint density at radius 1 is 1.18 bits per heavy atom. The summed E-state index contributed by atoms with van der Waals surface area (Å²) in [6.45, 7) is 0.895. The normalized spacial score (nSPS) is 15.9. The minimum Gasteiger partial charge on any atom is -0.490 e. The molecule has 1 saturated heterocycles. The highest BCUT2D eigenvalue weighted by molar-refractivity contribution is 7.89. The van der Waals surface area contributed by atoms with Gasteiger partial charge in [0.2, 0.25) is 10.0 Å². The van der Waals surface area contributed by atoms with Crippen LogP contribution in [-0.2, 0) is 19.6 Å². The van der Waals surface area contributed by atoms with Crippen LogP contribution in [0.25, 0.3) is 0 Å². The third-order valence-electron chi connectivity index (χ3n) is 4.45. The Kier molecular flexibility index (Phi) is 6.88. The Hall–Kier alpha value is -2.16. The van der Waals surface area contributed by atoms with E-state index in [-0.39, 0.29) is 43.1 Å². The van der Waals surface area contributed by atoms with E-state index in [4.69, 9.17) is 21.1 Å². The molecule has 150 valence electrons. The van der Waals surface area contributed by atoms with Crippen molar-refractivity contribution >= 4 is 27.6 Å². The Labute approximate surface area is 169 Å². The van der Waals surface area contributed by atoms with E-state index < -0.39 is 10.0 Å². The van der Waals surface area contributed by atoms with Crippen LogP contribution in [-0.4, -0.2) is 50.0 Å². The maximum absolute atomic E-state index is 12.6. The summed E-state index contributed by atoms with van der Waals surface area (Å²) in [5, 5.41) is 0.572. The second-order valence-electron chi connectivity index (χ2n) is 6.34. The predicted molar refractivity (Wildman–Crippen MR) is 104 cm³/mol. The molecular formula is C19H21ClN2O5S. The zero-order valence-corrected chi connectivity index (χ0v) is 16.7. The van der Waals surface area contributed by atoms with E-state index in [2.05, 4.69) is 4.98 Å². The van der Waals surface area contributed by atoms with Crippen LogP contribution in [0.2, 0.25) is 5.02 Å². The number of hydrogen-bond acceptors (Lipinski definition) is 6. The van der Waals surface area contributed by atoms with Crippen molar-refractivity contribution in [2.24, 2.45) is 5.92 Å². The molecule has 0 radical (unpaired) electrons. The van der Waals surface area contributed by atoms with Crippen LogP contribution >= 0.6 is 11.6 Å². The van der Waals surface area contributed by atoms with Gasteiger partial charge in [-0.3, -0.25) is 9.78 Å². The first-order valence-electron chi connectivity index (χ1n) is 8.92. The van der Waals surface area contributed by atoms with Crippen LogP contribution in [0.15, 0.2) is 53.7 Å². The molecule has 7 nitrogen and oxygen atoms in total. The van der Waals surface area contributed by atoms with Crippen molar-refractivity contribution in [2.45, 2.75) is 17.7 Å². The molecule has 28 heavy (non-hydrogen) atoms. The molecule has 0 amide bonds. The van der Waals surface area contributed by atoms with Gasteiger partial charge in [-0.05, 0) is 43.2 Å². The standard InChI is InChI=1S/C19H21ClN2O5S/c20-16-3-1-4-17(13-16)26-11-12-27-19(23)15-6-9-22(10-7-15)28(24,25)18-5-2-8-21-14-18/h1-5,8,13-15H,6-7,9-12H2. The number of carbonyl (C=O) groups excluding carboxylic acids is 1. The van der Waals surface area contributed by atoms with Gasteiger partial charge in [0.25, 0.3) is 0 Å². The minimum absolute atomic E-state index is 0.125. The third-order valence-corrected chi connectivity index (χ3v) is 6.57. The third kappa shape index (κ3) is 5.21. The molecule has 2 aromatic rings. The SMILES string of the molecule is O=C(OCCOc1cccc(Cl)c1)C1CCN(S(=O)(=O)c2cccnc2)CC1. The van der Waals surface area contributed by atoms with Gasteiger partial charge in [0, 0.05) is 30.5 Å². The van der Waals surface area contributed by atoms with Crippen molar-refractivity contribution in [3.63, 3.8) is 0 Å². The van der Waals surface area contributed by atoms with Crippen LogP contribution in [0.1, 0.15) is 12.8 Å². The molecule has 1 fully saturated rings. The van der Waals surface area contributed by atoms with Crippen molar-refractivity contribution in [3.05, 3.63) is 53.8 Å². The lowest BCUT2D eigenvalue weighted by Gasteiger charge is -2.30. The van der Waals surface area contributed by atoms with Gasteiger partial charge in [-0.15, -0.1) is 0 Å². The highest BCUT2D eigenvalue weighted by Crippen LogP contribution is 2.24. The summed E-state index contributed by atoms with van der Waals surface area (Å²) in [6, 6.07) is 10.1. The van der Waals surface area contributed by atoms with Crippen LogP contribution < -0.4 is 4.74 Å². The fraction of sp³-hybridized carbons (Fsp3) is 0.368. The van der Waals surface area contributed by atoms with E-state index in [0.717, 1.165) is 0 Å². The lowest BCUT2D eigenvalue weighted by Crippen LogP contribution is -2.40. The van der Waals surface area contributed by atoms with E-state index in [1.165, 1.54) is 22.8 Å². The molecule has 0 unspecified atom stereocenters. The Morgan fingerprint density at radius 3 is 2.64 bits per heavy atom. The average molecular weight is 425 g/mol. The zero-order chi connectivity index (χ0) is 20.0. The average Bonchev–Trinajstić information content (AvgIpc) is 2.72. The quantitative estimate of drug-likeness (QED) is 0.501. The molecule has 0 aliphatic carbocycles. The molecule has 0 spiro atoms. The van der Waals surface area contributed by atoms with Crippen LogP contribution in [0.5, 0.6) is 5.75 Å². The molecule has 0 N–H and O–H groups in total. The van der Waals surface area contributed by atoms with Crippen molar-refractivity contribution < 1.29 is 22.7 Å². The number of hydrogen-bond donors (Lipinski definition) is 0. The van der Waals surface area contributed by atoms with Gasteiger partial charge < -0.3 is 9.47 Å². The largest absolute Gasteiger partial charge is 0.490 e. The number of halogens is 1. The maximum atomic E-state index is 12.6. The zero-order valence-electron chi connectivity index (χ0n) is 15.2. The molecule has 1 aliphatic heterocycles. The molecule has 0 bridgehead atoms. The number of rotatable bonds is 7. The van der Waals surface area contributed by atoms with Gasteiger partial charge in [0.15, 0.2) is 0 Å². The lowest BCUT2D eigenvalue weighted by atomic mass is 9.98. The van der Waals surface area contributed by atoms with Crippen molar-refractivity contribution in [2.75, 3.05) is 26.3 Å². The van der Waals surface area contributed by atoms with Gasteiger partial charge >= 0.3 is 5.97 Å². The topological polar surface area (TPSA) is 85.8 Å². The van der Waals surface area contributed by atoms with E-state index in [1.807, 2.05) is 0 Å². The van der Waals surface area contributed by atoms with Gasteiger partial charge in [-0.1, -0.05) is 17.7 Å². The monoisotopic (exact) mass is 424 g/mol. The number of esters is 1. The molecular weight excluding hydrogens is 404 g/mol. The van der Waals surface area contributed by atoms with Crippen molar-refractivity contribution in [3.8, 4) is 5.75 Å². The van der Waals surface area contributed by atoms with E-state index in [9.17, 15) is 13.2 Å². The fourth-order valence-corrected chi connectivity index (χ4v) is 4.57. The molecule has 1 aromatic heterocycles. The number of piperidine rings is 1. The Morgan fingerprint density at radius 2 is 1.96 bits per heavy atom. The first-order valence-corrected chi connectivity index (χ1v) is 10.7. The number of aromatic nitrogens is 1. The number of pyridine rings is 1. The van der Waals surface area contributed by atoms with Gasteiger partial charge in [-0.25, -0.2) is 8.42 Å². The van der Waals surface area contributed by atoms with Crippen molar-refractivity contribution in [1.82, 2.24) is 9.29 Å². The molecule has 1 aliphatic rings. The Balaban J connectivity index is 1.42. The summed E-state index contributed by atoms with van der Waals surface area (Å²) in [7, 11) is -3.58. The van der Waals surface area contributed by atoms with Gasteiger partial charge in [0.05, 0.1) is 5.92 Å². The summed E-state index contributed by atoms with van der Waals surface area (Å²) < 4.78 is 37.3. The minimum atomic E-state index is -3.58. The smallest absolute Gasteiger partial charge is 0.309 e. The second kappa shape index (κ2) is 9.36. The molecule has 1 aromatic carbocycles. The van der Waals surface area contributed by atoms with E-state index >= 15 is 0 Å².